The number of carbonyl (C=O) groups is 1. The lowest BCUT2D eigenvalue weighted by molar-refractivity contribution is -0.121. The van der Waals surface area contributed by atoms with Gasteiger partial charge < -0.3 is 10.2 Å². The van der Waals surface area contributed by atoms with Crippen LogP contribution in [0.5, 0.6) is 0 Å². The van der Waals surface area contributed by atoms with E-state index in [1.54, 1.807) is 6.20 Å². The Labute approximate surface area is 136 Å². The number of amides is 1. The SMILES string of the molecule is Cn1nccc1CCC(=O)N[C@H]1CCCN(c2ccccn2)C1. The molecule has 6 nitrogen and oxygen atoms in total. The highest BCUT2D eigenvalue weighted by atomic mass is 16.1. The monoisotopic (exact) mass is 313 g/mol. The molecule has 0 spiro atoms. The molecule has 3 rings (SSSR count). The summed E-state index contributed by atoms with van der Waals surface area (Å²) in [6.07, 6.45) is 6.90. The van der Waals surface area contributed by atoms with Crippen LogP contribution in [0.4, 0.5) is 5.82 Å². The van der Waals surface area contributed by atoms with Crippen molar-refractivity contribution < 1.29 is 4.79 Å². The average molecular weight is 313 g/mol. The van der Waals surface area contributed by atoms with Crippen LogP contribution in [0.25, 0.3) is 0 Å². The number of rotatable bonds is 5. The summed E-state index contributed by atoms with van der Waals surface area (Å²) < 4.78 is 1.82. The molecular formula is C17H23N5O. The van der Waals surface area contributed by atoms with Gasteiger partial charge in [0.25, 0.3) is 0 Å². The summed E-state index contributed by atoms with van der Waals surface area (Å²) in [5, 5.41) is 7.29. The largest absolute Gasteiger partial charge is 0.355 e. The zero-order chi connectivity index (χ0) is 16.1. The normalized spacial score (nSPS) is 18.0. The fourth-order valence-electron chi connectivity index (χ4n) is 3.03. The maximum absolute atomic E-state index is 12.2. The summed E-state index contributed by atoms with van der Waals surface area (Å²) in [4.78, 5) is 18.8. The lowest BCUT2D eigenvalue weighted by Gasteiger charge is -2.34. The van der Waals surface area contributed by atoms with Crippen LogP contribution in [-0.2, 0) is 18.3 Å². The Morgan fingerprint density at radius 1 is 1.35 bits per heavy atom. The number of aromatic nitrogens is 3. The van der Waals surface area contributed by atoms with Crippen molar-refractivity contribution in [2.45, 2.75) is 31.7 Å². The lowest BCUT2D eigenvalue weighted by Crippen LogP contribution is -2.48. The molecule has 0 aliphatic carbocycles. The summed E-state index contributed by atoms with van der Waals surface area (Å²) in [6.45, 7) is 1.83. The third-order valence-corrected chi connectivity index (χ3v) is 4.29. The Morgan fingerprint density at radius 2 is 2.26 bits per heavy atom. The van der Waals surface area contributed by atoms with Crippen molar-refractivity contribution in [2.24, 2.45) is 7.05 Å². The number of anilines is 1. The van der Waals surface area contributed by atoms with Gasteiger partial charge in [-0.05, 0) is 37.5 Å². The third-order valence-electron chi connectivity index (χ3n) is 4.29. The van der Waals surface area contributed by atoms with Crippen LogP contribution in [-0.4, -0.2) is 39.8 Å². The number of aryl methyl sites for hydroxylation is 2. The maximum atomic E-state index is 12.2. The van der Waals surface area contributed by atoms with Crippen molar-refractivity contribution in [3.8, 4) is 0 Å². The van der Waals surface area contributed by atoms with Crippen LogP contribution in [0, 0.1) is 0 Å². The van der Waals surface area contributed by atoms with Gasteiger partial charge in [-0.15, -0.1) is 0 Å². The van der Waals surface area contributed by atoms with Gasteiger partial charge in [0.2, 0.25) is 5.91 Å². The fraction of sp³-hybridized carbons (Fsp3) is 0.471. The van der Waals surface area contributed by atoms with Crippen LogP contribution in [0.2, 0.25) is 0 Å². The van der Waals surface area contributed by atoms with Gasteiger partial charge in [0, 0.05) is 50.7 Å². The lowest BCUT2D eigenvalue weighted by atomic mass is 10.1. The molecular weight excluding hydrogens is 290 g/mol. The first-order chi connectivity index (χ1) is 11.2. The average Bonchev–Trinajstić information content (AvgIpc) is 2.99. The van der Waals surface area contributed by atoms with Gasteiger partial charge in [-0.1, -0.05) is 6.07 Å². The Hall–Kier alpha value is -2.37. The molecule has 0 radical (unpaired) electrons. The Balaban J connectivity index is 1.49. The van der Waals surface area contributed by atoms with Gasteiger partial charge in [-0.25, -0.2) is 4.98 Å². The zero-order valence-corrected chi connectivity index (χ0v) is 13.5. The van der Waals surface area contributed by atoms with Gasteiger partial charge in [0.15, 0.2) is 0 Å². The highest BCUT2D eigenvalue weighted by Crippen LogP contribution is 2.17. The second-order valence-corrected chi connectivity index (χ2v) is 5.99. The Morgan fingerprint density at radius 3 is 3.00 bits per heavy atom. The number of piperidine rings is 1. The van der Waals surface area contributed by atoms with Gasteiger partial charge in [-0.2, -0.15) is 5.10 Å². The third kappa shape index (κ3) is 4.09. The van der Waals surface area contributed by atoms with E-state index in [2.05, 4.69) is 20.3 Å². The fourth-order valence-corrected chi connectivity index (χ4v) is 3.03. The van der Waals surface area contributed by atoms with Gasteiger partial charge in [0.05, 0.1) is 0 Å². The van der Waals surface area contributed by atoms with Crippen LogP contribution < -0.4 is 10.2 Å². The standard InChI is InChI=1S/C17H23N5O/c1-21-15(9-11-19-21)7-8-17(23)20-14-5-4-12-22(13-14)16-6-2-3-10-18-16/h2-3,6,9-11,14H,4-5,7-8,12-13H2,1H3,(H,20,23)/t14-/m0/s1. The zero-order valence-electron chi connectivity index (χ0n) is 13.5. The summed E-state index contributed by atoms with van der Waals surface area (Å²) in [7, 11) is 1.90. The van der Waals surface area contributed by atoms with E-state index < -0.39 is 0 Å². The minimum atomic E-state index is 0.110. The van der Waals surface area contributed by atoms with Crippen molar-refractivity contribution in [1.29, 1.82) is 0 Å². The van der Waals surface area contributed by atoms with Crippen LogP contribution in [0.3, 0.4) is 0 Å². The number of nitrogens with one attached hydrogen (secondary N) is 1. The van der Waals surface area contributed by atoms with E-state index in [1.165, 1.54) is 0 Å². The molecule has 2 aromatic rings. The molecule has 6 heteroatoms. The van der Waals surface area contributed by atoms with Gasteiger partial charge in [-0.3, -0.25) is 9.48 Å². The molecule has 0 bridgehead atoms. The highest BCUT2D eigenvalue weighted by Gasteiger charge is 2.22. The highest BCUT2D eigenvalue weighted by molar-refractivity contribution is 5.76. The molecule has 122 valence electrons. The first kappa shape index (κ1) is 15.5. The molecule has 1 saturated heterocycles. The number of hydrogen-bond donors (Lipinski definition) is 1. The smallest absolute Gasteiger partial charge is 0.220 e. The van der Waals surface area contributed by atoms with Crippen molar-refractivity contribution in [3.63, 3.8) is 0 Å². The molecule has 1 atom stereocenters. The van der Waals surface area contributed by atoms with Crippen LogP contribution in [0.15, 0.2) is 36.7 Å². The van der Waals surface area contributed by atoms with E-state index in [9.17, 15) is 4.79 Å². The Kier molecular flexibility index (Phi) is 4.90. The molecule has 1 fully saturated rings. The van der Waals surface area contributed by atoms with E-state index in [0.717, 1.165) is 43.9 Å². The predicted octanol–water partition coefficient (Wildman–Crippen LogP) is 1.53. The molecule has 3 heterocycles. The topological polar surface area (TPSA) is 63.1 Å². The van der Waals surface area contributed by atoms with Crippen molar-refractivity contribution >= 4 is 11.7 Å². The second kappa shape index (κ2) is 7.26. The maximum Gasteiger partial charge on any atom is 0.220 e. The molecule has 0 saturated carbocycles. The molecule has 0 aromatic carbocycles. The number of hydrogen-bond acceptors (Lipinski definition) is 4. The molecule has 0 unspecified atom stereocenters. The van der Waals surface area contributed by atoms with Crippen LogP contribution in [0.1, 0.15) is 25.0 Å². The summed E-state index contributed by atoms with van der Waals surface area (Å²) in [5.41, 5.74) is 1.08. The summed E-state index contributed by atoms with van der Waals surface area (Å²) >= 11 is 0. The van der Waals surface area contributed by atoms with Gasteiger partial charge in [0.1, 0.15) is 5.82 Å². The van der Waals surface area contributed by atoms with E-state index >= 15 is 0 Å². The molecule has 1 aliphatic rings. The number of carbonyl (C=O) groups excluding carboxylic acids is 1. The first-order valence-electron chi connectivity index (χ1n) is 8.14. The van der Waals surface area contributed by atoms with Gasteiger partial charge >= 0.3 is 0 Å². The van der Waals surface area contributed by atoms with Crippen molar-refractivity contribution in [1.82, 2.24) is 20.1 Å². The molecule has 1 amide bonds. The molecule has 1 aliphatic heterocycles. The minimum absolute atomic E-state index is 0.110. The van der Waals surface area contributed by atoms with E-state index in [4.69, 9.17) is 0 Å². The van der Waals surface area contributed by atoms with E-state index in [-0.39, 0.29) is 11.9 Å². The quantitative estimate of drug-likeness (QED) is 0.909. The summed E-state index contributed by atoms with van der Waals surface area (Å²) in [5.74, 6) is 1.10. The first-order valence-corrected chi connectivity index (χ1v) is 8.14. The number of nitrogens with zero attached hydrogens (tertiary/aromatic N) is 4. The molecule has 2 aromatic heterocycles. The number of pyridine rings is 1. The van der Waals surface area contributed by atoms with Crippen LogP contribution >= 0.6 is 0 Å². The molecule has 23 heavy (non-hydrogen) atoms. The van der Waals surface area contributed by atoms with Crippen molar-refractivity contribution in [3.05, 3.63) is 42.4 Å². The van der Waals surface area contributed by atoms with E-state index in [0.29, 0.717) is 6.42 Å². The van der Waals surface area contributed by atoms with E-state index in [1.807, 2.05) is 42.2 Å². The second-order valence-electron chi connectivity index (χ2n) is 5.99. The minimum Gasteiger partial charge on any atom is -0.355 e. The van der Waals surface area contributed by atoms with Crippen molar-refractivity contribution in [2.75, 3.05) is 18.0 Å². The molecule has 1 N–H and O–H groups in total. The summed E-state index contributed by atoms with van der Waals surface area (Å²) in [6, 6.07) is 8.09. The Bertz CT molecular complexity index is 639. The predicted molar refractivity (Wildman–Crippen MR) is 89.1 cm³/mol.